The Morgan fingerprint density at radius 2 is 2.04 bits per heavy atom. The molecule has 0 amide bonds. The number of hydrogen-bond donors (Lipinski definition) is 1. The van der Waals surface area contributed by atoms with Crippen molar-refractivity contribution in [3.05, 3.63) is 35.9 Å². The summed E-state index contributed by atoms with van der Waals surface area (Å²) in [6.45, 7) is 1.39. The summed E-state index contributed by atoms with van der Waals surface area (Å²) in [6.07, 6.45) is 2.40. The lowest BCUT2D eigenvalue weighted by molar-refractivity contribution is 0.354. The zero-order valence-corrected chi connectivity index (χ0v) is 15.5. The predicted molar refractivity (Wildman–Crippen MR) is 97.1 cm³/mol. The van der Waals surface area contributed by atoms with Crippen LogP contribution in [-0.4, -0.2) is 60.5 Å². The van der Waals surface area contributed by atoms with Crippen molar-refractivity contribution in [3.8, 4) is 11.5 Å². The van der Waals surface area contributed by atoms with Crippen LogP contribution in [0.15, 0.2) is 29.5 Å². The van der Waals surface area contributed by atoms with Gasteiger partial charge in [-0.2, -0.15) is 5.10 Å². The molecular weight excluding hydrogens is 320 g/mol. The third-order valence-electron chi connectivity index (χ3n) is 3.97. The molecule has 25 heavy (non-hydrogen) atoms. The Balaban J connectivity index is 1.91. The molecule has 0 aliphatic carbocycles. The van der Waals surface area contributed by atoms with E-state index in [0.717, 1.165) is 36.2 Å². The van der Waals surface area contributed by atoms with Crippen LogP contribution in [-0.2, 0) is 20.0 Å². The largest absolute Gasteiger partial charge is 0.493 e. The van der Waals surface area contributed by atoms with E-state index in [1.54, 1.807) is 32.3 Å². The second-order valence-electron chi connectivity index (χ2n) is 5.56. The third kappa shape index (κ3) is 4.85. The van der Waals surface area contributed by atoms with E-state index in [4.69, 9.17) is 9.47 Å². The number of ether oxygens (including phenoxy) is 2. The lowest BCUT2D eigenvalue weighted by Gasteiger charge is -2.22. The Morgan fingerprint density at radius 3 is 2.64 bits per heavy atom. The van der Waals surface area contributed by atoms with Crippen molar-refractivity contribution in [2.45, 2.75) is 13.0 Å². The average Bonchev–Trinajstić information content (AvgIpc) is 3.05. The van der Waals surface area contributed by atoms with Crippen molar-refractivity contribution in [2.24, 2.45) is 12.0 Å². The Kier molecular flexibility index (Phi) is 6.62. The molecule has 2 aromatic rings. The van der Waals surface area contributed by atoms with E-state index in [2.05, 4.69) is 25.3 Å². The molecule has 0 bridgehead atoms. The molecule has 1 N–H and O–H groups in total. The Hall–Kier alpha value is -2.77. The normalized spacial score (nSPS) is 11.3. The molecular formula is C17H26N6O2. The summed E-state index contributed by atoms with van der Waals surface area (Å²) in [5.41, 5.74) is 1.17. The van der Waals surface area contributed by atoms with Crippen LogP contribution in [0, 0.1) is 0 Å². The highest BCUT2D eigenvalue weighted by molar-refractivity contribution is 5.79. The second-order valence-corrected chi connectivity index (χ2v) is 5.56. The van der Waals surface area contributed by atoms with Crippen molar-refractivity contribution in [3.63, 3.8) is 0 Å². The number of aliphatic imine (C=N–C) groups is 1. The van der Waals surface area contributed by atoms with Crippen LogP contribution in [0.1, 0.15) is 11.4 Å². The van der Waals surface area contributed by atoms with Gasteiger partial charge in [0.2, 0.25) is 0 Å². The summed E-state index contributed by atoms with van der Waals surface area (Å²) in [4.78, 5) is 10.6. The predicted octanol–water partition coefficient (Wildman–Crippen LogP) is 1.08. The van der Waals surface area contributed by atoms with Crippen molar-refractivity contribution < 1.29 is 9.47 Å². The molecule has 136 valence electrons. The van der Waals surface area contributed by atoms with Gasteiger partial charge in [0.25, 0.3) is 0 Å². The van der Waals surface area contributed by atoms with E-state index >= 15 is 0 Å². The van der Waals surface area contributed by atoms with Gasteiger partial charge in [0, 0.05) is 27.7 Å². The summed E-state index contributed by atoms with van der Waals surface area (Å²) in [5.74, 6) is 3.14. The number of hydrogen-bond acceptors (Lipinski definition) is 5. The molecule has 0 aliphatic heterocycles. The monoisotopic (exact) mass is 346 g/mol. The van der Waals surface area contributed by atoms with Gasteiger partial charge in [0.15, 0.2) is 17.5 Å². The summed E-state index contributed by atoms with van der Waals surface area (Å²) >= 11 is 0. The van der Waals surface area contributed by atoms with Gasteiger partial charge in [-0.05, 0) is 24.1 Å². The first-order valence-electron chi connectivity index (χ1n) is 8.04. The lowest BCUT2D eigenvalue weighted by atomic mass is 10.1. The van der Waals surface area contributed by atoms with Crippen LogP contribution < -0.4 is 14.8 Å². The number of nitrogens with zero attached hydrogens (tertiary/aromatic N) is 5. The van der Waals surface area contributed by atoms with E-state index in [1.807, 2.05) is 32.3 Å². The van der Waals surface area contributed by atoms with Crippen molar-refractivity contribution >= 4 is 5.96 Å². The minimum atomic E-state index is 0.573. The molecule has 2 rings (SSSR count). The summed E-state index contributed by atoms with van der Waals surface area (Å²) in [6, 6.07) is 5.97. The molecule has 1 heterocycles. The van der Waals surface area contributed by atoms with Crippen LogP contribution in [0.2, 0.25) is 0 Å². The van der Waals surface area contributed by atoms with Gasteiger partial charge in [-0.1, -0.05) is 6.07 Å². The molecule has 0 aliphatic rings. The molecule has 0 unspecified atom stereocenters. The SMILES string of the molecule is CN=C(NCc1ncnn1C)N(C)CCc1ccc(OC)c(OC)c1. The first kappa shape index (κ1) is 18.6. The van der Waals surface area contributed by atoms with Crippen LogP contribution in [0.25, 0.3) is 0 Å². The molecule has 0 saturated heterocycles. The number of rotatable bonds is 7. The minimum Gasteiger partial charge on any atom is -0.493 e. The van der Waals surface area contributed by atoms with E-state index in [9.17, 15) is 0 Å². The number of benzene rings is 1. The standard InChI is InChI=1S/C17H26N6O2/c1-18-17(19-11-16-20-12-21-23(16)3)22(2)9-8-13-6-7-14(24-4)15(10-13)25-5/h6-7,10,12H,8-9,11H2,1-5H3,(H,18,19). The van der Waals surface area contributed by atoms with Crippen LogP contribution >= 0.6 is 0 Å². The summed E-state index contributed by atoms with van der Waals surface area (Å²) < 4.78 is 12.4. The molecule has 0 saturated carbocycles. The zero-order valence-electron chi connectivity index (χ0n) is 15.5. The quantitative estimate of drug-likeness (QED) is 0.597. The number of likely N-dealkylation sites (N-methyl/N-ethyl adjacent to an activating group) is 1. The maximum Gasteiger partial charge on any atom is 0.193 e. The maximum absolute atomic E-state index is 5.35. The zero-order chi connectivity index (χ0) is 18.2. The average molecular weight is 346 g/mol. The van der Waals surface area contributed by atoms with Crippen molar-refractivity contribution in [2.75, 3.05) is 34.9 Å². The Bertz CT molecular complexity index is 713. The fraction of sp³-hybridized carbons (Fsp3) is 0.471. The first-order chi connectivity index (χ1) is 12.1. The van der Waals surface area contributed by atoms with Crippen LogP contribution in [0.3, 0.4) is 0 Å². The van der Waals surface area contributed by atoms with E-state index in [1.165, 1.54) is 5.56 Å². The fourth-order valence-electron chi connectivity index (χ4n) is 2.46. The topological polar surface area (TPSA) is 76.8 Å². The number of methoxy groups -OCH3 is 2. The van der Waals surface area contributed by atoms with Gasteiger partial charge in [-0.25, -0.2) is 4.98 Å². The number of aromatic nitrogens is 3. The van der Waals surface area contributed by atoms with Gasteiger partial charge in [-0.3, -0.25) is 9.67 Å². The number of guanidine groups is 1. The van der Waals surface area contributed by atoms with E-state index in [0.29, 0.717) is 6.54 Å². The van der Waals surface area contributed by atoms with Gasteiger partial charge >= 0.3 is 0 Å². The van der Waals surface area contributed by atoms with Gasteiger partial charge < -0.3 is 19.7 Å². The van der Waals surface area contributed by atoms with E-state index in [-0.39, 0.29) is 0 Å². The van der Waals surface area contributed by atoms with Crippen molar-refractivity contribution in [1.82, 2.24) is 25.0 Å². The summed E-state index contributed by atoms with van der Waals surface area (Å²) in [5, 5.41) is 7.36. The molecule has 1 aromatic heterocycles. The second kappa shape index (κ2) is 8.91. The number of nitrogens with one attached hydrogen (secondary N) is 1. The highest BCUT2D eigenvalue weighted by atomic mass is 16.5. The highest BCUT2D eigenvalue weighted by Crippen LogP contribution is 2.27. The molecule has 8 nitrogen and oxygen atoms in total. The summed E-state index contributed by atoms with van der Waals surface area (Å²) in [7, 11) is 8.93. The Labute approximate surface area is 148 Å². The first-order valence-corrected chi connectivity index (χ1v) is 8.04. The van der Waals surface area contributed by atoms with Crippen LogP contribution in [0.4, 0.5) is 0 Å². The minimum absolute atomic E-state index is 0.573. The lowest BCUT2D eigenvalue weighted by Crippen LogP contribution is -2.40. The van der Waals surface area contributed by atoms with E-state index < -0.39 is 0 Å². The number of aryl methyl sites for hydroxylation is 1. The smallest absolute Gasteiger partial charge is 0.193 e. The third-order valence-corrected chi connectivity index (χ3v) is 3.97. The van der Waals surface area contributed by atoms with Crippen LogP contribution in [0.5, 0.6) is 11.5 Å². The molecule has 8 heteroatoms. The molecule has 0 atom stereocenters. The highest BCUT2D eigenvalue weighted by Gasteiger charge is 2.09. The van der Waals surface area contributed by atoms with Gasteiger partial charge in [0.1, 0.15) is 12.2 Å². The molecule has 0 radical (unpaired) electrons. The molecule has 0 spiro atoms. The Morgan fingerprint density at radius 1 is 1.28 bits per heavy atom. The van der Waals surface area contributed by atoms with Gasteiger partial charge in [0.05, 0.1) is 20.8 Å². The van der Waals surface area contributed by atoms with Gasteiger partial charge in [-0.15, -0.1) is 0 Å². The molecule has 1 aromatic carbocycles. The maximum atomic E-state index is 5.35. The molecule has 0 fully saturated rings. The van der Waals surface area contributed by atoms with Crippen molar-refractivity contribution in [1.29, 1.82) is 0 Å². The fourth-order valence-corrected chi connectivity index (χ4v) is 2.46.